The Morgan fingerprint density at radius 2 is 2.21 bits per heavy atom. The summed E-state index contributed by atoms with van der Waals surface area (Å²) in [7, 11) is 0. The molecular weight excluding hydrogens is 244 g/mol. The molecule has 1 fully saturated rings. The highest BCUT2D eigenvalue weighted by atomic mass is 16.5. The number of hydrogen-bond donors (Lipinski definition) is 3. The molecule has 2 rings (SSSR count). The van der Waals surface area contributed by atoms with Crippen LogP contribution in [0.25, 0.3) is 0 Å². The average Bonchev–Trinajstić information content (AvgIpc) is 2.42. The molecule has 1 aliphatic rings. The first-order chi connectivity index (χ1) is 9.22. The Morgan fingerprint density at radius 1 is 1.42 bits per heavy atom. The Balaban J connectivity index is 1.97. The maximum Gasteiger partial charge on any atom is 0.242 e. The molecule has 1 aromatic heterocycles. The zero-order valence-electron chi connectivity index (χ0n) is 11.3. The van der Waals surface area contributed by atoms with Crippen LogP contribution >= 0.6 is 0 Å². The summed E-state index contributed by atoms with van der Waals surface area (Å²) >= 11 is 0. The van der Waals surface area contributed by atoms with Crippen molar-refractivity contribution in [1.29, 1.82) is 0 Å². The Morgan fingerprint density at radius 3 is 2.95 bits per heavy atom. The molecule has 1 aliphatic carbocycles. The average molecular weight is 266 g/mol. The molecule has 19 heavy (non-hydrogen) atoms. The number of nitrogens with zero attached hydrogens (tertiary/aromatic N) is 2. The summed E-state index contributed by atoms with van der Waals surface area (Å²) in [5.74, 6) is 1.25. The zero-order valence-corrected chi connectivity index (χ0v) is 11.3. The number of aromatic nitrogens is 2. The topological polar surface area (TPSA) is 93.3 Å². The standard InChI is InChI=1S/C13H22N4O2/c1-2-19-13-11(14)12(16-8-17-13)15-7-9-5-3-4-6-10(9)18/h8-10,18H,2-7,14H2,1H3,(H,15,16,17). The van der Waals surface area contributed by atoms with E-state index in [9.17, 15) is 5.11 Å². The molecule has 0 spiro atoms. The van der Waals surface area contributed by atoms with Gasteiger partial charge in [-0.25, -0.2) is 4.98 Å². The van der Waals surface area contributed by atoms with Gasteiger partial charge in [0.25, 0.3) is 0 Å². The predicted octanol–water partition coefficient (Wildman–Crippen LogP) is 1.42. The van der Waals surface area contributed by atoms with Crippen LogP contribution < -0.4 is 15.8 Å². The van der Waals surface area contributed by atoms with Crippen molar-refractivity contribution < 1.29 is 9.84 Å². The second kappa shape index (κ2) is 6.56. The van der Waals surface area contributed by atoms with E-state index in [-0.39, 0.29) is 12.0 Å². The summed E-state index contributed by atoms with van der Waals surface area (Å²) in [4.78, 5) is 8.11. The van der Waals surface area contributed by atoms with E-state index in [1.54, 1.807) is 0 Å². The fraction of sp³-hybridized carbons (Fsp3) is 0.692. The quantitative estimate of drug-likeness (QED) is 0.746. The van der Waals surface area contributed by atoms with Gasteiger partial charge in [0.2, 0.25) is 5.88 Å². The summed E-state index contributed by atoms with van der Waals surface area (Å²) in [5, 5.41) is 13.1. The minimum absolute atomic E-state index is 0.226. The summed E-state index contributed by atoms with van der Waals surface area (Å²) < 4.78 is 5.32. The molecule has 6 heteroatoms. The molecule has 0 saturated heterocycles. The molecule has 106 valence electrons. The van der Waals surface area contributed by atoms with Gasteiger partial charge in [-0.05, 0) is 19.8 Å². The molecule has 2 unspecified atom stereocenters. The molecule has 1 heterocycles. The van der Waals surface area contributed by atoms with Gasteiger partial charge in [0.1, 0.15) is 12.0 Å². The highest BCUT2D eigenvalue weighted by molar-refractivity contribution is 5.66. The van der Waals surface area contributed by atoms with Crippen molar-refractivity contribution in [2.45, 2.75) is 38.7 Å². The van der Waals surface area contributed by atoms with Crippen LogP contribution in [0.1, 0.15) is 32.6 Å². The van der Waals surface area contributed by atoms with Gasteiger partial charge in [0, 0.05) is 12.5 Å². The number of nitrogens with two attached hydrogens (primary N) is 1. The van der Waals surface area contributed by atoms with Crippen molar-refractivity contribution in [3.8, 4) is 5.88 Å². The van der Waals surface area contributed by atoms with Crippen LogP contribution in [0.15, 0.2) is 6.33 Å². The summed E-state index contributed by atoms with van der Waals surface area (Å²) in [6, 6.07) is 0. The normalized spacial score (nSPS) is 23.1. The highest BCUT2D eigenvalue weighted by Crippen LogP contribution is 2.27. The lowest BCUT2D eigenvalue weighted by molar-refractivity contribution is 0.0763. The first-order valence-corrected chi connectivity index (χ1v) is 6.87. The van der Waals surface area contributed by atoms with E-state index in [0.29, 0.717) is 30.5 Å². The fourth-order valence-corrected chi connectivity index (χ4v) is 2.43. The molecule has 2 atom stereocenters. The van der Waals surface area contributed by atoms with E-state index in [4.69, 9.17) is 10.5 Å². The number of nitrogens with one attached hydrogen (secondary N) is 1. The highest BCUT2D eigenvalue weighted by Gasteiger charge is 2.23. The first kappa shape index (κ1) is 13.9. The van der Waals surface area contributed by atoms with E-state index < -0.39 is 0 Å². The predicted molar refractivity (Wildman–Crippen MR) is 74.1 cm³/mol. The van der Waals surface area contributed by atoms with Crippen molar-refractivity contribution in [2.75, 3.05) is 24.2 Å². The maximum absolute atomic E-state index is 9.93. The molecule has 1 aromatic rings. The third-order valence-electron chi connectivity index (χ3n) is 3.53. The Hall–Kier alpha value is -1.56. The van der Waals surface area contributed by atoms with Crippen LogP contribution in [0, 0.1) is 5.92 Å². The molecule has 1 saturated carbocycles. The summed E-state index contributed by atoms with van der Waals surface area (Å²) in [6.07, 6.45) is 5.42. The van der Waals surface area contributed by atoms with Crippen LogP contribution in [0.3, 0.4) is 0 Å². The molecule has 0 bridgehead atoms. The van der Waals surface area contributed by atoms with Crippen molar-refractivity contribution in [2.24, 2.45) is 5.92 Å². The molecule has 4 N–H and O–H groups in total. The zero-order chi connectivity index (χ0) is 13.7. The second-order valence-corrected chi connectivity index (χ2v) is 4.87. The first-order valence-electron chi connectivity index (χ1n) is 6.87. The third kappa shape index (κ3) is 3.47. The van der Waals surface area contributed by atoms with Crippen molar-refractivity contribution in [3.63, 3.8) is 0 Å². The van der Waals surface area contributed by atoms with E-state index in [1.165, 1.54) is 12.7 Å². The second-order valence-electron chi connectivity index (χ2n) is 4.87. The van der Waals surface area contributed by atoms with Crippen molar-refractivity contribution in [3.05, 3.63) is 6.33 Å². The number of nitrogen functional groups attached to an aromatic ring is 1. The molecule has 0 aromatic carbocycles. The van der Waals surface area contributed by atoms with Crippen LogP contribution in [0.5, 0.6) is 5.88 Å². The maximum atomic E-state index is 9.93. The fourth-order valence-electron chi connectivity index (χ4n) is 2.43. The smallest absolute Gasteiger partial charge is 0.242 e. The number of aliphatic hydroxyl groups is 1. The van der Waals surface area contributed by atoms with Gasteiger partial charge in [-0.3, -0.25) is 0 Å². The lowest BCUT2D eigenvalue weighted by Crippen LogP contribution is -2.30. The summed E-state index contributed by atoms with van der Waals surface area (Å²) in [6.45, 7) is 3.07. The van der Waals surface area contributed by atoms with Crippen LogP contribution in [-0.4, -0.2) is 34.3 Å². The molecule has 6 nitrogen and oxygen atoms in total. The lowest BCUT2D eigenvalue weighted by Gasteiger charge is -2.27. The van der Waals surface area contributed by atoms with E-state index in [0.717, 1.165) is 19.3 Å². The largest absolute Gasteiger partial charge is 0.476 e. The Kier molecular flexibility index (Phi) is 4.79. The molecule has 0 amide bonds. The van der Waals surface area contributed by atoms with E-state index >= 15 is 0 Å². The minimum Gasteiger partial charge on any atom is -0.476 e. The molecular formula is C13H22N4O2. The summed E-state index contributed by atoms with van der Waals surface area (Å²) in [5.41, 5.74) is 6.37. The van der Waals surface area contributed by atoms with E-state index in [2.05, 4.69) is 15.3 Å². The lowest BCUT2D eigenvalue weighted by atomic mass is 9.86. The minimum atomic E-state index is -0.226. The van der Waals surface area contributed by atoms with Gasteiger partial charge in [0.15, 0.2) is 5.82 Å². The van der Waals surface area contributed by atoms with Gasteiger partial charge >= 0.3 is 0 Å². The number of ether oxygens (including phenoxy) is 1. The van der Waals surface area contributed by atoms with Gasteiger partial charge < -0.3 is 20.9 Å². The van der Waals surface area contributed by atoms with Crippen LogP contribution in [0.2, 0.25) is 0 Å². The van der Waals surface area contributed by atoms with Crippen LogP contribution in [-0.2, 0) is 0 Å². The van der Waals surface area contributed by atoms with Crippen molar-refractivity contribution in [1.82, 2.24) is 9.97 Å². The monoisotopic (exact) mass is 266 g/mol. The van der Waals surface area contributed by atoms with Gasteiger partial charge in [-0.1, -0.05) is 12.8 Å². The van der Waals surface area contributed by atoms with E-state index in [1.807, 2.05) is 6.92 Å². The van der Waals surface area contributed by atoms with Crippen molar-refractivity contribution >= 4 is 11.5 Å². The molecule has 0 radical (unpaired) electrons. The van der Waals surface area contributed by atoms with Gasteiger partial charge in [-0.2, -0.15) is 4.98 Å². The van der Waals surface area contributed by atoms with Gasteiger partial charge in [0.05, 0.1) is 12.7 Å². The number of hydrogen-bond acceptors (Lipinski definition) is 6. The molecule has 0 aliphatic heterocycles. The SMILES string of the molecule is CCOc1ncnc(NCC2CCCCC2O)c1N. The Labute approximate surface area is 113 Å². The Bertz CT molecular complexity index is 414. The van der Waals surface area contributed by atoms with Gasteiger partial charge in [-0.15, -0.1) is 0 Å². The number of anilines is 2. The number of rotatable bonds is 5. The number of aliphatic hydroxyl groups excluding tert-OH is 1. The third-order valence-corrected chi connectivity index (χ3v) is 3.53. The van der Waals surface area contributed by atoms with Crippen LogP contribution in [0.4, 0.5) is 11.5 Å².